The van der Waals surface area contributed by atoms with Crippen molar-refractivity contribution in [3.8, 4) is 10.6 Å². The van der Waals surface area contributed by atoms with Crippen molar-refractivity contribution in [3.05, 3.63) is 47.7 Å². The smallest absolute Gasteiger partial charge is 0.292 e. The van der Waals surface area contributed by atoms with Crippen molar-refractivity contribution in [1.82, 2.24) is 9.78 Å². The van der Waals surface area contributed by atoms with E-state index in [1.54, 1.807) is 34.2 Å². The highest BCUT2D eigenvalue weighted by atomic mass is 32.1. The summed E-state index contributed by atoms with van der Waals surface area (Å²) in [6, 6.07) is 8.90. The number of carbonyl (C=O) groups excluding carboxylic acids is 1. The van der Waals surface area contributed by atoms with Gasteiger partial charge >= 0.3 is 0 Å². The minimum Gasteiger partial charge on any atom is -0.459 e. The fraction of sp³-hybridized carbons (Fsp3) is 0.143. The van der Waals surface area contributed by atoms with E-state index in [-0.39, 0.29) is 18.3 Å². The lowest BCUT2D eigenvalue weighted by Gasteiger charge is -2.05. The molecule has 0 aliphatic heterocycles. The third-order valence-corrected chi connectivity index (χ3v) is 3.74. The SMILES string of the molecule is O=C(Nc1cc(-c2cccs2)nn1CCO)c1ccco1. The molecule has 0 saturated heterocycles. The summed E-state index contributed by atoms with van der Waals surface area (Å²) in [6.07, 6.45) is 1.44. The van der Waals surface area contributed by atoms with Crippen LogP contribution in [-0.2, 0) is 6.54 Å². The summed E-state index contributed by atoms with van der Waals surface area (Å²) >= 11 is 1.56. The molecule has 21 heavy (non-hydrogen) atoms. The van der Waals surface area contributed by atoms with E-state index in [1.807, 2.05) is 17.5 Å². The van der Waals surface area contributed by atoms with Gasteiger partial charge in [0.25, 0.3) is 5.91 Å². The van der Waals surface area contributed by atoms with Crippen LogP contribution in [0.1, 0.15) is 10.6 Å². The average Bonchev–Trinajstić information content (AvgIpc) is 3.21. The zero-order chi connectivity index (χ0) is 14.7. The maximum Gasteiger partial charge on any atom is 0.292 e. The van der Waals surface area contributed by atoms with Crippen molar-refractivity contribution in [2.45, 2.75) is 6.54 Å². The Morgan fingerprint density at radius 1 is 1.43 bits per heavy atom. The molecule has 3 aromatic rings. The number of thiophene rings is 1. The van der Waals surface area contributed by atoms with Crippen LogP contribution in [0, 0.1) is 0 Å². The first-order chi connectivity index (χ1) is 10.3. The number of anilines is 1. The zero-order valence-electron chi connectivity index (χ0n) is 11.0. The third-order valence-electron chi connectivity index (χ3n) is 2.85. The molecule has 7 heteroatoms. The second-order valence-electron chi connectivity index (χ2n) is 4.27. The Morgan fingerprint density at radius 2 is 2.33 bits per heavy atom. The molecule has 0 unspecified atom stereocenters. The molecule has 2 N–H and O–H groups in total. The van der Waals surface area contributed by atoms with Gasteiger partial charge in [0, 0.05) is 6.07 Å². The van der Waals surface area contributed by atoms with Crippen LogP contribution >= 0.6 is 11.3 Å². The molecule has 3 rings (SSSR count). The first-order valence-electron chi connectivity index (χ1n) is 6.35. The van der Waals surface area contributed by atoms with E-state index in [0.717, 1.165) is 10.6 Å². The first kappa shape index (κ1) is 13.6. The van der Waals surface area contributed by atoms with Gasteiger partial charge < -0.3 is 14.8 Å². The molecular weight excluding hydrogens is 290 g/mol. The van der Waals surface area contributed by atoms with Gasteiger partial charge in [0.1, 0.15) is 11.5 Å². The third kappa shape index (κ3) is 2.88. The second kappa shape index (κ2) is 5.94. The van der Waals surface area contributed by atoms with E-state index in [0.29, 0.717) is 12.4 Å². The molecule has 0 atom stereocenters. The number of rotatable bonds is 5. The molecule has 0 aliphatic carbocycles. The van der Waals surface area contributed by atoms with Crippen LogP contribution < -0.4 is 5.32 Å². The molecular formula is C14H13N3O3S. The number of nitrogens with one attached hydrogen (secondary N) is 1. The van der Waals surface area contributed by atoms with Gasteiger partial charge in [-0.1, -0.05) is 6.07 Å². The van der Waals surface area contributed by atoms with E-state index in [2.05, 4.69) is 10.4 Å². The maximum absolute atomic E-state index is 12.0. The summed E-state index contributed by atoms with van der Waals surface area (Å²) in [5.41, 5.74) is 0.758. The van der Waals surface area contributed by atoms with E-state index < -0.39 is 0 Å². The van der Waals surface area contributed by atoms with Gasteiger partial charge in [-0.2, -0.15) is 5.10 Å². The van der Waals surface area contributed by atoms with Gasteiger partial charge in [-0.25, -0.2) is 4.68 Å². The van der Waals surface area contributed by atoms with E-state index in [4.69, 9.17) is 9.52 Å². The first-order valence-corrected chi connectivity index (χ1v) is 7.23. The number of nitrogens with zero attached hydrogens (tertiary/aromatic N) is 2. The van der Waals surface area contributed by atoms with Gasteiger partial charge in [0.05, 0.1) is 24.3 Å². The number of aliphatic hydroxyl groups is 1. The predicted molar refractivity (Wildman–Crippen MR) is 79.3 cm³/mol. The molecule has 0 radical (unpaired) electrons. The summed E-state index contributed by atoms with van der Waals surface area (Å²) in [6.45, 7) is 0.244. The average molecular weight is 303 g/mol. The van der Waals surface area contributed by atoms with Gasteiger partial charge in [0.2, 0.25) is 0 Å². The summed E-state index contributed by atoms with van der Waals surface area (Å²) in [7, 11) is 0. The summed E-state index contributed by atoms with van der Waals surface area (Å²) < 4.78 is 6.62. The highest BCUT2D eigenvalue weighted by Crippen LogP contribution is 2.26. The molecule has 6 nitrogen and oxygen atoms in total. The van der Waals surface area contributed by atoms with Crippen LogP contribution in [0.2, 0.25) is 0 Å². The van der Waals surface area contributed by atoms with Crippen molar-refractivity contribution in [2.24, 2.45) is 0 Å². The Bertz CT molecular complexity index is 717. The molecule has 0 aliphatic rings. The number of amides is 1. The minimum absolute atomic E-state index is 0.0603. The van der Waals surface area contributed by atoms with Crippen molar-refractivity contribution in [1.29, 1.82) is 0 Å². The fourth-order valence-electron chi connectivity index (χ4n) is 1.91. The predicted octanol–water partition coefficient (Wildman–Crippen LogP) is 2.45. The van der Waals surface area contributed by atoms with Crippen LogP contribution in [0.3, 0.4) is 0 Å². The Hall–Kier alpha value is -2.38. The number of hydrogen-bond donors (Lipinski definition) is 2. The Labute approximate surface area is 124 Å². The number of carbonyl (C=O) groups is 1. The molecule has 0 aromatic carbocycles. The molecule has 108 valence electrons. The summed E-state index contributed by atoms with van der Waals surface area (Å²) in [5.74, 6) is 0.398. The van der Waals surface area contributed by atoms with Crippen LogP contribution in [-0.4, -0.2) is 27.4 Å². The Kier molecular flexibility index (Phi) is 3.85. The molecule has 0 bridgehead atoms. The fourth-order valence-corrected chi connectivity index (χ4v) is 2.59. The standard InChI is InChI=1S/C14H13N3O3S/c18-6-5-17-13(15-14(19)11-3-1-7-20-11)9-10(16-17)12-4-2-8-21-12/h1-4,7-9,18H,5-6H2,(H,15,19). The summed E-state index contributed by atoms with van der Waals surface area (Å²) in [4.78, 5) is 13.0. The van der Waals surface area contributed by atoms with Crippen molar-refractivity contribution in [3.63, 3.8) is 0 Å². The molecule has 3 aromatic heterocycles. The number of hydrogen-bond acceptors (Lipinski definition) is 5. The van der Waals surface area contributed by atoms with Gasteiger partial charge in [-0.05, 0) is 23.6 Å². The summed E-state index contributed by atoms with van der Waals surface area (Å²) in [5, 5.41) is 18.2. The van der Waals surface area contributed by atoms with Crippen LogP contribution in [0.5, 0.6) is 0 Å². The highest BCUT2D eigenvalue weighted by Gasteiger charge is 2.15. The topological polar surface area (TPSA) is 80.3 Å². The number of aromatic nitrogens is 2. The lowest BCUT2D eigenvalue weighted by atomic mass is 10.3. The molecule has 0 fully saturated rings. The zero-order valence-corrected chi connectivity index (χ0v) is 11.8. The maximum atomic E-state index is 12.0. The monoisotopic (exact) mass is 303 g/mol. The molecule has 0 spiro atoms. The lowest BCUT2D eigenvalue weighted by molar-refractivity contribution is 0.0995. The second-order valence-corrected chi connectivity index (χ2v) is 5.22. The number of aliphatic hydroxyl groups excluding tert-OH is 1. The van der Waals surface area contributed by atoms with Crippen molar-refractivity contribution >= 4 is 23.1 Å². The van der Waals surface area contributed by atoms with Crippen LogP contribution in [0.4, 0.5) is 5.82 Å². The van der Waals surface area contributed by atoms with Gasteiger partial charge in [0.15, 0.2) is 5.76 Å². The van der Waals surface area contributed by atoms with E-state index in [1.165, 1.54) is 6.26 Å². The molecule has 0 saturated carbocycles. The quantitative estimate of drug-likeness (QED) is 0.758. The molecule has 3 heterocycles. The van der Waals surface area contributed by atoms with Crippen molar-refractivity contribution < 1.29 is 14.3 Å². The van der Waals surface area contributed by atoms with E-state index >= 15 is 0 Å². The van der Waals surface area contributed by atoms with Crippen LogP contribution in [0.15, 0.2) is 46.4 Å². The molecule has 1 amide bonds. The van der Waals surface area contributed by atoms with Crippen molar-refractivity contribution in [2.75, 3.05) is 11.9 Å². The number of furan rings is 1. The van der Waals surface area contributed by atoms with E-state index in [9.17, 15) is 4.79 Å². The highest BCUT2D eigenvalue weighted by molar-refractivity contribution is 7.13. The Balaban J connectivity index is 1.88. The Morgan fingerprint density at radius 3 is 3.00 bits per heavy atom. The van der Waals surface area contributed by atoms with Gasteiger partial charge in [-0.3, -0.25) is 4.79 Å². The normalized spacial score (nSPS) is 10.7. The van der Waals surface area contributed by atoms with Crippen LogP contribution in [0.25, 0.3) is 10.6 Å². The largest absolute Gasteiger partial charge is 0.459 e. The van der Waals surface area contributed by atoms with Gasteiger partial charge in [-0.15, -0.1) is 11.3 Å². The minimum atomic E-state index is -0.350. The lowest BCUT2D eigenvalue weighted by Crippen LogP contribution is -2.16.